The van der Waals surface area contributed by atoms with E-state index in [0.29, 0.717) is 12.8 Å². The topological polar surface area (TPSA) is 78.9 Å². The lowest BCUT2D eigenvalue weighted by molar-refractivity contribution is -0.166. The molecule has 0 amide bonds. The Hall–Kier alpha value is -4.45. The molecule has 75 heavy (non-hydrogen) atoms. The molecule has 0 rings (SSSR count). The van der Waals surface area contributed by atoms with Crippen LogP contribution < -0.4 is 0 Å². The van der Waals surface area contributed by atoms with E-state index in [0.717, 1.165) is 109 Å². The summed E-state index contributed by atoms with van der Waals surface area (Å²) in [6, 6.07) is 0. The van der Waals surface area contributed by atoms with Gasteiger partial charge in [0.1, 0.15) is 13.2 Å². The Bertz CT molecular complexity index is 1620. The molecule has 6 heteroatoms. The third-order valence-corrected chi connectivity index (χ3v) is 12.7. The standard InChI is InChI=1S/C69H112O6/c1-4-7-10-13-16-19-22-25-28-30-31-32-33-34-35-36-37-39-41-44-47-50-53-56-59-62-68(71)74-65-66(64-73-67(70)61-58-55-52-49-46-43-40-27-24-21-18-15-12-9-6-3)75-69(72)63-60-57-54-51-48-45-42-38-29-26-23-20-17-14-11-8-5-2/h7,9-10,12,16-21,25-29,31-32,40,46,49,55,58,66H,4-6,8,11,13-15,22-24,30,33-39,41-45,47-48,50-54,56-57,59-65H2,1-3H3/b10-7-,12-9-,19-16-,20-17-,21-18-,28-25-,29-26-,32-31-,40-27-,49-46-,58-55-. The van der Waals surface area contributed by atoms with Crippen molar-refractivity contribution in [1.82, 2.24) is 0 Å². The number of hydrogen-bond donors (Lipinski definition) is 0. The van der Waals surface area contributed by atoms with Gasteiger partial charge in [0.05, 0.1) is 6.42 Å². The minimum absolute atomic E-state index is 0.115. The van der Waals surface area contributed by atoms with E-state index in [2.05, 4.69) is 142 Å². The highest BCUT2D eigenvalue weighted by molar-refractivity contribution is 5.72. The van der Waals surface area contributed by atoms with Crippen LogP contribution in [0.2, 0.25) is 0 Å². The number of allylic oxidation sites excluding steroid dienone is 21. The number of esters is 3. The van der Waals surface area contributed by atoms with Crippen LogP contribution in [0.15, 0.2) is 134 Å². The molecule has 0 bridgehead atoms. The van der Waals surface area contributed by atoms with E-state index in [-0.39, 0.29) is 31.6 Å². The molecular weight excluding hydrogens is 925 g/mol. The molecular formula is C69H112O6. The molecule has 424 valence electrons. The average molecular weight is 1040 g/mol. The number of unbranched alkanes of at least 4 members (excludes halogenated alkanes) is 22. The third kappa shape index (κ3) is 60.3. The van der Waals surface area contributed by atoms with Gasteiger partial charge < -0.3 is 14.2 Å². The first kappa shape index (κ1) is 70.5. The van der Waals surface area contributed by atoms with Crippen molar-refractivity contribution in [2.75, 3.05) is 13.2 Å². The van der Waals surface area contributed by atoms with Crippen LogP contribution in [-0.4, -0.2) is 37.2 Å². The van der Waals surface area contributed by atoms with Crippen molar-refractivity contribution in [2.45, 2.75) is 271 Å². The number of hydrogen-bond acceptors (Lipinski definition) is 6. The third-order valence-electron chi connectivity index (χ3n) is 12.7. The van der Waals surface area contributed by atoms with Crippen LogP contribution in [0.3, 0.4) is 0 Å². The van der Waals surface area contributed by atoms with Gasteiger partial charge >= 0.3 is 17.9 Å². The predicted molar refractivity (Wildman–Crippen MR) is 325 cm³/mol. The zero-order valence-electron chi connectivity index (χ0n) is 48.5. The van der Waals surface area contributed by atoms with Gasteiger partial charge in [0.25, 0.3) is 0 Å². The molecule has 0 saturated heterocycles. The van der Waals surface area contributed by atoms with Crippen LogP contribution in [0, 0.1) is 0 Å². The van der Waals surface area contributed by atoms with Crippen molar-refractivity contribution in [2.24, 2.45) is 0 Å². The second-order valence-electron chi connectivity index (χ2n) is 19.9. The molecule has 0 aliphatic rings. The molecule has 0 spiro atoms. The summed E-state index contributed by atoms with van der Waals surface area (Å²) in [6.45, 7) is 6.30. The number of rotatable bonds is 54. The van der Waals surface area contributed by atoms with E-state index >= 15 is 0 Å². The van der Waals surface area contributed by atoms with E-state index in [1.54, 1.807) is 6.08 Å². The van der Waals surface area contributed by atoms with Gasteiger partial charge in [0.2, 0.25) is 0 Å². The summed E-state index contributed by atoms with van der Waals surface area (Å²) in [6.07, 6.45) is 87.6. The maximum absolute atomic E-state index is 12.9. The van der Waals surface area contributed by atoms with Crippen molar-refractivity contribution in [3.63, 3.8) is 0 Å². The second-order valence-corrected chi connectivity index (χ2v) is 19.9. The van der Waals surface area contributed by atoms with E-state index in [9.17, 15) is 14.4 Å². The molecule has 0 aliphatic carbocycles. The Labute approximate surface area is 462 Å². The van der Waals surface area contributed by atoms with Gasteiger partial charge in [0.15, 0.2) is 6.10 Å². The maximum atomic E-state index is 12.9. The van der Waals surface area contributed by atoms with Crippen LogP contribution in [0.4, 0.5) is 0 Å². The fraction of sp³-hybridized carbons (Fsp3) is 0.638. The molecule has 1 unspecified atom stereocenters. The monoisotopic (exact) mass is 1040 g/mol. The molecule has 0 radical (unpaired) electrons. The summed E-state index contributed by atoms with van der Waals surface area (Å²) in [5.74, 6) is -1.06. The minimum atomic E-state index is -0.828. The lowest BCUT2D eigenvalue weighted by Gasteiger charge is -2.18. The van der Waals surface area contributed by atoms with Crippen LogP contribution in [0.1, 0.15) is 265 Å². The van der Waals surface area contributed by atoms with Crippen molar-refractivity contribution in [3.05, 3.63) is 134 Å². The van der Waals surface area contributed by atoms with E-state index in [1.165, 1.54) is 116 Å². The minimum Gasteiger partial charge on any atom is -0.462 e. The van der Waals surface area contributed by atoms with Gasteiger partial charge in [-0.1, -0.05) is 264 Å². The van der Waals surface area contributed by atoms with E-state index < -0.39 is 12.1 Å². The van der Waals surface area contributed by atoms with Gasteiger partial charge in [-0.25, -0.2) is 0 Å². The first-order valence-electron chi connectivity index (χ1n) is 30.7. The molecule has 0 aromatic carbocycles. The summed E-state index contributed by atoms with van der Waals surface area (Å²) in [7, 11) is 0. The molecule has 0 aromatic heterocycles. The molecule has 0 aliphatic heterocycles. The quantitative estimate of drug-likeness (QED) is 0.0261. The molecule has 6 nitrogen and oxygen atoms in total. The van der Waals surface area contributed by atoms with Crippen molar-refractivity contribution in [1.29, 1.82) is 0 Å². The zero-order chi connectivity index (χ0) is 54.3. The molecule has 1 atom stereocenters. The van der Waals surface area contributed by atoms with Crippen molar-refractivity contribution in [3.8, 4) is 0 Å². The smallest absolute Gasteiger partial charge is 0.309 e. The Morgan fingerprint density at radius 2 is 0.573 bits per heavy atom. The van der Waals surface area contributed by atoms with E-state index in [4.69, 9.17) is 14.2 Å². The lowest BCUT2D eigenvalue weighted by Crippen LogP contribution is -2.30. The highest BCUT2D eigenvalue weighted by Crippen LogP contribution is 2.15. The summed E-state index contributed by atoms with van der Waals surface area (Å²) in [4.78, 5) is 38.2. The van der Waals surface area contributed by atoms with Crippen LogP contribution >= 0.6 is 0 Å². The molecule has 0 heterocycles. The van der Waals surface area contributed by atoms with Gasteiger partial charge in [-0.05, 0) is 116 Å². The molecule has 0 N–H and O–H groups in total. The van der Waals surface area contributed by atoms with Gasteiger partial charge in [-0.3, -0.25) is 14.4 Å². The normalized spacial score (nSPS) is 13.1. The average Bonchev–Trinajstić information content (AvgIpc) is 3.41. The van der Waals surface area contributed by atoms with Crippen LogP contribution in [0.25, 0.3) is 0 Å². The Morgan fingerprint density at radius 1 is 0.293 bits per heavy atom. The van der Waals surface area contributed by atoms with Gasteiger partial charge in [0, 0.05) is 12.8 Å². The number of carbonyl (C=O) groups is 3. The van der Waals surface area contributed by atoms with Crippen molar-refractivity contribution >= 4 is 17.9 Å². The predicted octanol–water partition coefficient (Wildman–Crippen LogP) is 21.0. The summed E-state index contributed by atoms with van der Waals surface area (Å²) in [5.41, 5.74) is 0. The molecule has 0 aromatic rings. The fourth-order valence-electron chi connectivity index (χ4n) is 8.13. The van der Waals surface area contributed by atoms with Gasteiger partial charge in [-0.15, -0.1) is 0 Å². The van der Waals surface area contributed by atoms with Crippen molar-refractivity contribution < 1.29 is 28.6 Å². The Morgan fingerprint density at radius 3 is 0.933 bits per heavy atom. The largest absolute Gasteiger partial charge is 0.462 e. The summed E-state index contributed by atoms with van der Waals surface area (Å²) >= 11 is 0. The first-order chi connectivity index (χ1) is 37.0. The molecule has 0 saturated carbocycles. The summed E-state index contributed by atoms with van der Waals surface area (Å²) < 4.78 is 16.8. The number of ether oxygens (including phenoxy) is 3. The zero-order valence-corrected chi connectivity index (χ0v) is 48.5. The lowest BCUT2D eigenvalue weighted by atomic mass is 10.0. The van der Waals surface area contributed by atoms with E-state index in [1.807, 2.05) is 6.08 Å². The first-order valence-corrected chi connectivity index (χ1v) is 30.7. The van der Waals surface area contributed by atoms with Crippen LogP contribution in [-0.2, 0) is 28.6 Å². The Balaban J connectivity index is 4.43. The molecule has 0 fully saturated rings. The van der Waals surface area contributed by atoms with Gasteiger partial charge in [-0.2, -0.15) is 0 Å². The second kappa shape index (κ2) is 62.1. The summed E-state index contributed by atoms with van der Waals surface area (Å²) in [5, 5.41) is 0. The fourth-order valence-corrected chi connectivity index (χ4v) is 8.13. The highest BCUT2D eigenvalue weighted by atomic mass is 16.6. The Kier molecular flexibility index (Phi) is 58.4. The number of carbonyl (C=O) groups excluding carboxylic acids is 3. The maximum Gasteiger partial charge on any atom is 0.309 e. The van der Waals surface area contributed by atoms with Crippen LogP contribution in [0.5, 0.6) is 0 Å². The highest BCUT2D eigenvalue weighted by Gasteiger charge is 2.19. The SMILES string of the molecule is CC/C=C\C/C=C\C/C=C\C/C=C\C/C=C\CC(=O)OCC(COC(=O)CCCCCCCCCCCCCC/C=C\C/C=C\C/C=C\C/C=C\CC)OC(=O)CCCCCCCCC/C=C\C/C=C\CCCCC.